The van der Waals surface area contributed by atoms with Gasteiger partial charge in [-0.05, 0) is 240 Å². The summed E-state index contributed by atoms with van der Waals surface area (Å²) < 4.78 is 200. The molecule has 0 amide bonds. The molecule has 0 bridgehead atoms. The van der Waals surface area contributed by atoms with Crippen LogP contribution in [-0.4, -0.2) is 122 Å². The normalized spacial score (nSPS) is 15.0. The Balaban J connectivity index is 0.000000230. The van der Waals surface area contributed by atoms with Crippen LogP contribution < -0.4 is 32.6 Å². The van der Waals surface area contributed by atoms with Crippen molar-refractivity contribution in [3.05, 3.63) is 261 Å². The molecule has 1 aliphatic heterocycles. The summed E-state index contributed by atoms with van der Waals surface area (Å²) in [5, 5.41) is 29.1. The average molecular weight is 1960 g/mol. The smallest absolute Gasteiger partial charge is 0.349 e. The van der Waals surface area contributed by atoms with Crippen molar-refractivity contribution in [2.24, 2.45) is 5.41 Å². The second kappa shape index (κ2) is 53.7. The summed E-state index contributed by atoms with van der Waals surface area (Å²) in [5.74, 6) is -6.72. The van der Waals surface area contributed by atoms with Gasteiger partial charge in [-0.25, -0.2) is 34.8 Å². The van der Waals surface area contributed by atoms with Gasteiger partial charge in [0.2, 0.25) is 17.4 Å². The molecular formula is C102H125F5NO23S4-. The number of nitrogens with zero attached hydrogens (tertiary/aromatic N) is 1. The number of hydrogen-bond acceptors (Lipinski definition) is 23. The molecule has 5 atom stereocenters. The second-order valence-electron chi connectivity index (χ2n) is 34.0. The van der Waals surface area contributed by atoms with E-state index >= 15 is 0 Å². The predicted molar refractivity (Wildman–Crippen MR) is 508 cm³/mol. The van der Waals surface area contributed by atoms with Crippen LogP contribution in [0.15, 0.2) is 198 Å². The van der Waals surface area contributed by atoms with Crippen LogP contribution in [0.2, 0.25) is 0 Å². The molecule has 12 rings (SSSR count). The van der Waals surface area contributed by atoms with E-state index in [4.69, 9.17) is 42.8 Å². The van der Waals surface area contributed by atoms with Gasteiger partial charge in [-0.1, -0.05) is 179 Å². The minimum absolute atomic E-state index is 0.0100. The van der Waals surface area contributed by atoms with Gasteiger partial charge < -0.3 is 56.7 Å². The van der Waals surface area contributed by atoms with Crippen LogP contribution in [0.1, 0.15) is 266 Å². The number of nitro groups is 1. The van der Waals surface area contributed by atoms with E-state index in [-0.39, 0.29) is 47.2 Å². The first-order valence-corrected chi connectivity index (χ1v) is 51.5. The van der Waals surface area contributed by atoms with Gasteiger partial charge in [0, 0.05) is 41.4 Å². The van der Waals surface area contributed by atoms with Crippen LogP contribution in [0.25, 0.3) is 0 Å². The number of aromatic hydroxyl groups is 2. The molecule has 24 nitrogen and oxygen atoms in total. The summed E-state index contributed by atoms with van der Waals surface area (Å²) in [5.41, 5.74) is 5.55. The summed E-state index contributed by atoms with van der Waals surface area (Å²) in [6.45, 7) is 23.7. The van der Waals surface area contributed by atoms with Gasteiger partial charge in [0.25, 0.3) is 0 Å². The Morgan fingerprint density at radius 2 is 0.970 bits per heavy atom. The fraction of sp³-hybridized carbons (Fsp3) is 0.441. The number of hydrogen-bond donors (Lipinski definition) is 2. The summed E-state index contributed by atoms with van der Waals surface area (Å²) in [6.07, 6.45) is 19.7. The summed E-state index contributed by atoms with van der Waals surface area (Å²) >= 11 is 0. The standard InChI is InChI=1S/C28H38O5.C19H22FNO9S2.C18H16F4O6S.C17H23OS.2C10H14O/c1-5-28(3,4)27(29)33-26-17-15-25(16-18-26)32-21(2)30-19-20-31-24-13-11-23(12-14-24)22-9-7-6-8-10-22;1-3-13(2)14-5-7-15(8-6-14)30-31(24,25)10-4-9-29-18-11-16(20)19(32(26,27)28)12-17(18)21(22)23;1-3-9(2)10-4-6-11(7-5-10)28-12(23)8-27-17-13(19)15(21)18(29(24,25)26)16(22)14(17)20;18-16(15-9-3-1-4-10-15)17(11-5-2-6-12-17)19-13-7-8-14-19;2*1-3-8(2)9-4-6-10(11)7-5-9/h11-18,21-22H,5-10,19-20H2,1-4H3;5-8,11-13H,3-4,9-10H2,1-2H3,(H,26,27,28);4-7,9H,3,8H2,1-2H3,(H,24,25,26);1,3-4,9-10H,2,5-8,11-14H2;2*4-8,11H,3H2,1-2H3/q;;;+1;;/p-2. The highest BCUT2D eigenvalue weighted by Gasteiger charge is 2.55. The SMILES string of the molecule is CCC(C)(C)C(=O)Oc1ccc(OC(C)OCCOc2ccc(C3CCCCC3)cc2)cc1.CCC(C)c1ccc(O)cc1.CCC(C)c1ccc(O)cc1.CCC(C)c1ccc(OC(=O)COc2c(F)c(F)c(S(=O)(=O)[O-])c(F)c2F)cc1.CCC(C)c1ccc(OS(=O)(=O)CCCOc2cc(F)c(S(=O)(=O)[O-])cc2[N+](=O)[O-])cc1.O=C(c1ccccc1)C1([S+]2CCCC2)CCCCC1. The van der Waals surface area contributed by atoms with E-state index in [9.17, 15) is 80.8 Å². The molecule has 2 N–H and O–H groups in total. The number of carbonyl (C=O) groups excluding carboxylic acids is 3. The van der Waals surface area contributed by atoms with Crippen LogP contribution in [0.5, 0.6) is 51.7 Å². The molecule has 33 heteroatoms. The monoisotopic (exact) mass is 1950 g/mol. The molecule has 0 aromatic heterocycles. The Morgan fingerprint density at radius 1 is 0.519 bits per heavy atom. The van der Waals surface area contributed by atoms with E-state index < -0.39 is 121 Å². The van der Waals surface area contributed by atoms with E-state index in [0.717, 1.165) is 67.4 Å². The third-order valence-electron chi connectivity index (χ3n) is 23.9. The Morgan fingerprint density at radius 3 is 1.44 bits per heavy atom. The van der Waals surface area contributed by atoms with Gasteiger partial charge in [-0.3, -0.25) is 19.7 Å². The molecule has 0 spiro atoms. The van der Waals surface area contributed by atoms with Crippen LogP contribution in [-0.2, 0) is 55.6 Å². The highest BCUT2D eigenvalue weighted by Crippen LogP contribution is 2.44. The molecule has 135 heavy (non-hydrogen) atoms. The van der Waals surface area contributed by atoms with Gasteiger partial charge in [0.15, 0.2) is 40.8 Å². The van der Waals surface area contributed by atoms with E-state index in [1.807, 2.05) is 110 Å². The quantitative estimate of drug-likeness (QED) is 0.00299. The number of nitro benzene ring substituents is 1. The van der Waals surface area contributed by atoms with Crippen molar-refractivity contribution in [2.45, 2.75) is 249 Å². The lowest BCUT2D eigenvalue weighted by molar-refractivity contribution is -0.386. The van der Waals surface area contributed by atoms with E-state index in [0.29, 0.717) is 82.6 Å². The number of rotatable bonds is 36. The summed E-state index contributed by atoms with van der Waals surface area (Å²) in [7, 11) is -14.8. The van der Waals surface area contributed by atoms with Gasteiger partial charge in [0.1, 0.15) is 89.3 Å². The van der Waals surface area contributed by atoms with Gasteiger partial charge in [0.05, 0.1) is 34.2 Å². The summed E-state index contributed by atoms with van der Waals surface area (Å²) in [6, 6.07) is 54.0. The lowest BCUT2D eigenvalue weighted by Crippen LogP contribution is -2.48. The van der Waals surface area contributed by atoms with Crippen molar-refractivity contribution in [2.75, 3.05) is 43.7 Å². The first-order valence-electron chi connectivity index (χ1n) is 45.5. The van der Waals surface area contributed by atoms with E-state index in [1.165, 1.54) is 117 Å². The molecule has 3 aliphatic rings. The Labute approximate surface area is 793 Å². The number of benzene rings is 9. The van der Waals surface area contributed by atoms with Crippen LogP contribution >= 0.6 is 0 Å². The maximum absolute atomic E-state index is 13.8. The number of carbonyl (C=O) groups is 3. The Bertz CT molecular complexity index is 5510. The zero-order chi connectivity index (χ0) is 99.4. The Kier molecular flexibility index (Phi) is 44.3. The van der Waals surface area contributed by atoms with Crippen LogP contribution in [0.3, 0.4) is 0 Å². The molecule has 2 saturated carbocycles. The third-order valence-corrected chi connectivity index (χ3v) is 30.1. The minimum Gasteiger partial charge on any atom is -0.744 e. The third kappa shape index (κ3) is 34.8. The average Bonchev–Trinajstić information content (AvgIpc) is 1.15. The molecular weight excluding hydrogens is 1830 g/mol. The number of ketones is 1. The first-order chi connectivity index (χ1) is 64.0. The molecule has 1 saturated heterocycles. The molecule has 9 aromatic rings. The predicted octanol–water partition coefficient (Wildman–Crippen LogP) is 23.7. The van der Waals surface area contributed by atoms with Crippen molar-refractivity contribution < 1.29 is 123 Å². The van der Waals surface area contributed by atoms with Crippen LogP contribution in [0.4, 0.5) is 27.6 Å². The van der Waals surface area contributed by atoms with E-state index in [1.54, 1.807) is 72.8 Å². The number of phenolic OH excluding ortho intramolecular Hbond substituents is 2. The molecule has 2 aliphatic carbocycles. The highest BCUT2D eigenvalue weighted by molar-refractivity contribution is 7.99. The Hall–Kier alpha value is -10.7. The lowest BCUT2D eigenvalue weighted by Gasteiger charge is -2.33. The topological polar surface area (TPSA) is 357 Å². The number of phenols is 2. The van der Waals surface area contributed by atoms with Crippen molar-refractivity contribution in [1.82, 2.24) is 0 Å². The fourth-order valence-corrected chi connectivity index (χ4v) is 20.1. The molecule has 5 unspecified atom stereocenters. The van der Waals surface area contributed by atoms with Crippen molar-refractivity contribution in [3.63, 3.8) is 0 Å². The second-order valence-corrected chi connectivity index (χ2v) is 40.9. The van der Waals surface area contributed by atoms with Gasteiger partial charge >= 0.3 is 27.7 Å². The fourth-order valence-electron chi connectivity index (χ4n) is 14.6. The number of esters is 2. The van der Waals surface area contributed by atoms with Gasteiger partial charge in [-0.2, -0.15) is 17.2 Å². The minimum atomic E-state index is -5.84. The van der Waals surface area contributed by atoms with Crippen molar-refractivity contribution in [1.29, 1.82) is 0 Å². The lowest BCUT2D eigenvalue weighted by atomic mass is 9.83. The molecule has 9 aromatic carbocycles. The molecule has 0 radical (unpaired) electrons. The highest BCUT2D eigenvalue weighted by atomic mass is 32.2. The van der Waals surface area contributed by atoms with Crippen LogP contribution in [0, 0.1) is 44.6 Å². The van der Waals surface area contributed by atoms with Crippen molar-refractivity contribution >= 4 is 64.7 Å². The number of halogens is 5. The number of Topliss-reactive ketones (excluding diaryl/α,β-unsaturated/α-hetero) is 1. The molecule has 3 fully saturated rings. The largest absolute Gasteiger partial charge is 0.744 e. The zero-order valence-electron chi connectivity index (χ0n) is 78.5. The zero-order valence-corrected chi connectivity index (χ0v) is 81.7. The maximum Gasteiger partial charge on any atom is 0.349 e. The molecule has 1 heterocycles. The van der Waals surface area contributed by atoms with Crippen molar-refractivity contribution in [3.8, 4) is 51.7 Å². The number of ether oxygens (including phenoxy) is 7. The summed E-state index contributed by atoms with van der Waals surface area (Å²) in [4.78, 5) is 43.4. The van der Waals surface area contributed by atoms with Gasteiger partial charge in [-0.15, -0.1) is 0 Å². The first kappa shape index (κ1) is 111. The maximum atomic E-state index is 13.8. The molecule has 736 valence electrons. The van der Waals surface area contributed by atoms with E-state index in [2.05, 4.69) is 56.7 Å².